The molecule has 3 aromatic rings. The summed E-state index contributed by atoms with van der Waals surface area (Å²) in [6.45, 7) is 6.32. The van der Waals surface area contributed by atoms with E-state index in [2.05, 4.69) is 70.9 Å². The molecule has 1 aliphatic rings. The maximum atomic E-state index is 5.63. The molecule has 2 aromatic carbocycles. The average Bonchev–Trinajstić information content (AvgIpc) is 3.16. The van der Waals surface area contributed by atoms with Crippen molar-refractivity contribution in [1.29, 1.82) is 0 Å². The van der Waals surface area contributed by atoms with Crippen molar-refractivity contribution in [3.63, 3.8) is 0 Å². The Kier molecular flexibility index (Phi) is 7.30. The molecular weight excluding hydrogens is 475 g/mol. The van der Waals surface area contributed by atoms with Crippen molar-refractivity contribution in [2.75, 3.05) is 13.1 Å². The molecule has 0 fully saturated rings. The molecule has 1 unspecified atom stereocenters. The first-order chi connectivity index (χ1) is 13.7. The van der Waals surface area contributed by atoms with E-state index in [4.69, 9.17) is 4.42 Å². The van der Waals surface area contributed by atoms with Gasteiger partial charge < -0.3 is 15.1 Å². The van der Waals surface area contributed by atoms with Gasteiger partial charge in [-0.2, -0.15) is 0 Å². The van der Waals surface area contributed by atoms with Crippen LogP contribution in [0, 0.1) is 6.92 Å². The lowest BCUT2D eigenvalue weighted by Crippen LogP contribution is -2.41. The summed E-state index contributed by atoms with van der Waals surface area (Å²) in [6.07, 6.45) is 2.82. The zero-order valence-electron chi connectivity index (χ0n) is 16.8. The average molecular weight is 502 g/mol. The zero-order chi connectivity index (χ0) is 19.3. The Morgan fingerprint density at radius 1 is 1.14 bits per heavy atom. The number of hydrogen-bond acceptors (Lipinski definition) is 3. The molecule has 152 valence electrons. The Bertz CT molecular complexity index is 965. The first kappa shape index (κ1) is 21.4. The van der Waals surface area contributed by atoms with Crippen LogP contribution in [0.5, 0.6) is 0 Å². The maximum Gasteiger partial charge on any atom is 0.226 e. The first-order valence-corrected chi connectivity index (χ1v) is 9.84. The summed E-state index contributed by atoms with van der Waals surface area (Å²) in [5.74, 6) is 2.00. The van der Waals surface area contributed by atoms with Gasteiger partial charge in [0, 0.05) is 24.6 Å². The first-order valence-electron chi connectivity index (χ1n) is 9.84. The van der Waals surface area contributed by atoms with E-state index in [-0.39, 0.29) is 24.0 Å². The predicted octanol–water partition coefficient (Wildman–Crippen LogP) is 4.66. The highest BCUT2D eigenvalue weighted by atomic mass is 127. The number of guanidine groups is 1. The van der Waals surface area contributed by atoms with Gasteiger partial charge in [-0.25, -0.2) is 9.98 Å². The molecule has 1 atom stereocenters. The van der Waals surface area contributed by atoms with E-state index >= 15 is 0 Å². The van der Waals surface area contributed by atoms with Crippen LogP contribution in [0.2, 0.25) is 0 Å². The highest BCUT2D eigenvalue weighted by Crippen LogP contribution is 2.33. The lowest BCUT2D eigenvalue weighted by molar-refractivity contribution is 0.572. The van der Waals surface area contributed by atoms with Gasteiger partial charge in [0.25, 0.3) is 0 Å². The minimum absolute atomic E-state index is 0. The van der Waals surface area contributed by atoms with E-state index in [1.807, 2.05) is 12.1 Å². The molecule has 4 rings (SSSR count). The number of fused-ring (bicyclic) bond motifs is 1. The number of rotatable bonds is 6. The molecule has 2 N–H and O–H groups in total. The number of aliphatic imine (C=N–C) groups is 1. The second-order valence-corrected chi connectivity index (χ2v) is 7.19. The van der Waals surface area contributed by atoms with Crippen LogP contribution < -0.4 is 10.6 Å². The lowest BCUT2D eigenvalue weighted by Gasteiger charge is -2.30. The third-order valence-corrected chi connectivity index (χ3v) is 5.07. The van der Waals surface area contributed by atoms with Gasteiger partial charge in [0.1, 0.15) is 12.0 Å². The summed E-state index contributed by atoms with van der Waals surface area (Å²) in [6, 6.07) is 16.8. The Balaban J connectivity index is 0.00000240. The third kappa shape index (κ3) is 5.18. The molecule has 0 spiro atoms. The van der Waals surface area contributed by atoms with Gasteiger partial charge >= 0.3 is 0 Å². The van der Waals surface area contributed by atoms with Crippen LogP contribution in [0.25, 0.3) is 11.5 Å². The number of nitrogens with zero attached hydrogens (tertiary/aromatic N) is 2. The number of halogens is 1. The van der Waals surface area contributed by atoms with Crippen molar-refractivity contribution in [2.45, 2.75) is 32.7 Å². The van der Waals surface area contributed by atoms with E-state index in [1.54, 1.807) is 6.26 Å². The standard InChI is InChI=1S/C23H26N4O.HI/c1-3-24-23(25-13-19-12-18-6-4-5-7-21(18)19)26-14-20-15-28-22(27-20)17-10-8-16(2)9-11-17;/h4-11,15,19H,3,12-14H2,1-2H3,(H2,24,25,26);1H. The fraction of sp³-hybridized carbons (Fsp3) is 0.304. The number of hydrogen-bond donors (Lipinski definition) is 2. The molecule has 0 aliphatic heterocycles. The molecule has 29 heavy (non-hydrogen) atoms. The molecule has 0 amide bonds. The van der Waals surface area contributed by atoms with Gasteiger partial charge in [-0.1, -0.05) is 42.0 Å². The summed E-state index contributed by atoms with van der Waals surface area (Å²) in [5, 5.41) is 6.76. The summed E-state index contributed by atoms with van der Waals surface area (Å²) >= 11 is 0. The Hall–Kier alpha value is -2.35. The molecule has 1 aromatic heterocycles. The van der Waals surface area contributed by atoms with E-state index in [1.165, 1.54) is 16.7 Å². The van der Waals surface area contributed by atoms with Crippen molar-refractivity contribution in [3.05, 3.63) is 77.2 Å². The van der Waals surface area contributed by atoms with Crippen LogP contribution >= 0.6 is 24.0 Å². The highest BCUT2D eigenvalue weighted by molar-refractivity contribution is 14.0. The van der Waals surface area contributed by atoms with Crippen LogP contribution in [-0.2, 0) is 13.0 Å². The van der Waals surface area contributed by atoms with Crippen molar-refractivity contribution >= 4 is 29.9 Å². The van der Waals surface area contributed by atoms with Crippen LogP contribution in [0.4, 0.5) is 0 Å². The minimum atomic E-state index is 0. The smallest absolute Gasteiger partial charge is 0.226 e. The molecule has 1 heterocycles. The largest absolute Gasteiger partial charge is 0.444 e. The molecular formula is C23H27IN4O. The number of benzene rings is 2. The van der Waals surface area contributed by atoms with Gasteiger partial charge in [-0.05, 0) is 43.5 Å². The number of oxazole rings is 1. The van der Waals surface area contributed by atoms with Gasteiger partial charge in [-0.15, -0.1) is 24.0 Å². The predicted molar refractivity (Wildman–Crippen MR) is 128 cm³/mol. The van der Waals surface area contributed by atoms with Crippen molar-refractivity contribution < 1.29 is 4.42 Å². The van der Waals surface area contributed by atoms with Gasteiger partial charge in [0.05, 0.1) is 6.54 Å². The van der Waals surface area contributed by atoms with Crippen LogP contribution in [-0.4, -0.2) is 24.0 Å². The monoisotopic (exact) mass is 502 g/mol. The third-order valence-electron chi connectivity index (χ3n) is 5.07. The summed E-state index contributed by atoms with van der Waals surface area (Å²) in [4.78, 5) is 9.23. The molecule has 0 saturated carbocycles. The van der Waals surface area contributed by atoms with E-state index in [0.29, 0.717) is 18.4 Å². The lowest BCUT2D eigenvalue weighted by atomic mass is 9.78. The highest BCUT2D eigenvalue weighted by Gasteiger charge is 2.25. The second kappa shape index (κ2) is 9.91. The minimum Gasteiger partial charge on any atom is -0.444 e. The second-order valence-electron chi connectivity index (χ2n) is 7.19. The van der Waals surface area contributed by atoms with Crippen molar-refractivity contribution in [3.8, 4) is 11.5 Å². The normalized spacial score (nSPS) is 15.1. The summed E-state index contributed by atoms with van der Waals surface area (Å²) in [7, 11) is 0. The van der Waals surface area contributed by atoms with Crippen molar-refractivity contribution in [1.82, 2.24) is 15.6 Å². The fourth-order valence-electron chi connectivity index (χ4n) is 3.47. The molecule has 5 nitrogen and oxygen atoms in total. The molecule has 6 heteroatoms. The van der Waals surface area contributed by atoms with E-state index in [9.17, 15) is 0 Å². The van der Waals surface area contributed by atoms with Gasteiger partial charge in [-0.3, -0.25) is 0 Å². The Morgan fingerprint density at radius 3 is 2.69 bits per heavy atom. The molecule has 0 radical (unpaired) electrons. The maximum absolute atomic E-state index is 5.63. The molecule has 1 aliphatic carbocycles. The summed E-state index contributed by atoms with van der Waals surface area (Å²) in [5.41, 5.74) is 5.93. The quantitative estimate of drug-likeness (QED) is 0.293. The molecule has 0 saturated heterocycles. The topological polar surface area (TPSA) is 62.5 Å². The van der Waals surface area contributed by atoms with Crippen LogP contribution in [0.3, 0.4) is 0 Å². The summed E-state index contributed by atoms with van der Waals surface area (Å²) < 4.78 is 5.63. The van der Waals surface area contributed by atoms with Gasteiger partial charge in [0.15, 0.2) is 5.96 Å². The Morgan fingerprint density at radius 2 is 1.93 bits per heavy atom. The van der Waals surface area contributed by atoms with E-state index < -0.39 is 0 Å². The van der Waals surface area contributed by atoms with Crippen LogP contribution in [0.1, 0.15) is 35.2 Å². The van der Waals surface area contributed by atoms with Crippen molar-refractivity contribution in [2.24, 2.45) is 4.99 Å². The number of aryl methyl sites for hydroxylation is 1. The van der Waals surface area contributed by atoms with Crippen LogP contribution in [0.15, 0.2) is 64.2 Å². The number of aromatic nitrogens is 1. The molecule has 0 bridgehead atoms. The van der Waals surface area contributed by atoms with E-state index in [0.717, 1.165) is 36.7 Å². The fourth-order valence-corrected chi connectivity index (χ4v) is 3.47. The number of nitrogens with one attached hydrogen (secondary N) is 2. The zero-order valence-corrected chi connectivity index (χ0v) is 19.1. The SMILES string of the molecule is CCNC(=NCc1coc(-c2ccc(C)cc2)n1)NCC1Cc2ccccc21.I. The van der Waals surface area contributed by atoms with Gasteiger partial charge in [0.2, 0.25) is 5.89 Å². The Labute approximate surface area is 189 Å².